The molecule has 1 atom stereocenters. The van der Waals surface area contributed by atoms with Crippen molar-refractivity contribution in [2.45, 2.75) is 52.9 Å². The van der Waals surface area contributed by atoms with Gasteiger partial charge in [-0.1, -0.05) is 38.1 Å². The van der Waals surface area contributed by atoms with E-state index in [1.54, 1.807) is 0 Å². The number of hydrogen-bond donors (Lipinski definition) is 0. The van der Waals surface area contributed by atoms with Gasteiger partial charge < -0.3 is 9.64 Å². The molecule has 1 aromatic carbocycles. The third-order valence-corrected chi connectivity index (χ3v) is 4.92. The van der Waals surface area contributed by atoms with Crippen LogP contribution in [0.4, 0.5) is 0 Å². The van der Waals surface area contributed by atoms with Crippen molar-refractivity contribution in [3.63, 3.8) is 0 Å². The second kappa shape index (κ2) is 9.02. The third-order valence-electron chi connectivity index (χ3n) is 4.92. The summed E-state index contributed by atoms with van der Waals surface area (Å²) in [5.74, 6) is 0.453. The highest BCUT2D eigenvalue weighted by atomic mass is 16.5. The summed E-state index contributed by atoms with van der Waals surface area (Å²) in [7, 11) is 0. The maximum Gasteiger partial charge on any atom is 0.309 e. The smallest absolute Gasteiger partial charge is 0.309 e. The molecular weight excluding hydrogens is 314 g/mol. The summed E-state index contributed by atoms with van der Waals surface area (Å²) in [5, 5.41) is 0. The van der Waals surface area contributed by atoms with E-state index in [0.717, 1.165) is 12.0 Å². The first-order chi connectivity index (χ1) is 11.9. The summed E-state index contributed by atoms with van der Waals surface area (Å²) in [6, 6.07) is 8.41. The number of benzene rings is 1. The molecule has 0 spiro atoms. The number of nitrogens with zero attached hydrogens (tertiary/aromatic N) is 1. The zero-order valence-corrected chi connectivity index (χ0v) is 16.0. The number of carbonyl (C=O) groups excluding carboxylic acids is 2. The van der Waals surface area contributed by atoms with E-state index >= 15 is 0 Å². The average Bonchev–Trinajstić information content (AvgIpc) is 2.61. The fourth-order valence-corrected chi connectivity index (χ4v) is 3.43. The predicted octanol–water partition coefficient (Wildman–Crippen LogP) is 3.79. The molecule has 1 aliphatic heterocycles. The number of esters is 1. The van der Waals surface area contributed by atoms with Crippen LogP contribution in [0.3, 0.4) is 0 Å². The van der Waals surface area contributed by atoms with Crippen molar-refractivity contribution in [3.8, 4) is 0 Å². The molecule has 1 aliphatic rings. The fraction of sp³-hybridized carbons (Fsp3) is 0.619. The van der Waals surface area contributed by atoms with Gasteiger partial charge in [0.15, 0.2) is 0 Å². The fourth-order valence-electron chi connectivity index (χ4n) is 3.43. The van der Waals surface area contributed by atoms with E-state index in [2.05, 4.69) is 38.1 Å². The van der Waals surface area contributed by atoms with Crippen LogP contribution in [-0.4, -0.2) is 36.5 Å². The lowest BCUT2D eigenvalue weighted by atomic mass is 9.93. The van der Waals surface area contributed by atoms with Gasteiger partial charge in [-0.15, -0.1) is 0 Å². The molecule has 0 unspecified atom stereocenters. The molecule has 138 valence electrons. The van der Waals surface area contributed by atoms with Crippen LogP contribution in [0.15, 0.2) is 24.3 Å². The van der Waals surface area contributed by atoms with E-state index in [9.17, 15) is 9.59 Å². The van der Waals surface area contributed by atoms with Crippen molar-refractivity contribution < 1.29 is 14.3 Å². The zero-order chi connectivity index (χ0) is 18.4. The van der Waals surface area contributed by atoms with Crippen molar-refractivity contribution >= 4 is 11.9 Å². The lowest BCUT2D eigenvalue weighted by Gasteiger charge is -2.32. The molecule has 1 saturated heterocycles. The molecular formula is C21H31NO3. The first kappa shape index (κ1) is 19.5. The van der Waals surface area contributed by atoms with Crippen LogP contribution < -0.4 is 0 Å². The number of amides is 1. The molecule has 25 heavy (non-hydrogen) atoms. The monoisotopic (exact) mass is 345 g/mol. The second-order valence-corrected chi connectivity index (χ2v) is 7.41. The molecule has 4 nitrogen and oxygen atoms in total. The average molecular weight is 345 g/mol. The maximum absolute atomic E-state index is 12.8. The summed E-state index contributed by atoms with van der Waals surface area (Å²) in [5.41, 5.74) is 2.37. The second-order valence-electron chi connectivity index (χ2n) is 7.41. The standard InChI is InChI=1S/C21H31NO3/c1-5-25-21(24)19-10-12-22(13-11-19)20(23)16(4)18-8-6-17(7-9-18)14-15(2)3/h6-9,15-16,19H,5,10-14H2,1-4H3/t16-/m0/s1. The van der Waals surface area contributed by atoms with Gasteiger partial charge >= 0.3 is 5.97 Å². The van der Waals surface area contributed by atoms with Crippen LogP contribution in [0, 0.1) is 11.8 Å². The minimum absolute atomic E-state index is 0.0605. The number of hydrogen-bond acceptors (Lipinski definition) is 3. The van der Waals surface area contributed by atoms with Gasteiger partial charge in [0.25, 0.3) is 0 Å². The van der Waals surface area contributed by atoms with Crippen LogP contribution in [0.2, 0.25) is 0 Å². The summed E-state index contributed by atoms with van der Waals surface area (Å²) in [6.07, 6.45) is 2.46. The quantitative estimate of drug-likeness (QED) is 0.737. The van der Waals surface area contributed by atoms with Crippen molar-refractivity contribution in [1.29, 1.82) is 0 Å². The lowest BCUT2D eigenvalue weighted by molar-refractivity contribution is -0.151. The van der Waals surface area contributed by atoms with Crippen LogP contribution >= 0.6 is 0 Å². The normalized spacial score (nSPS) is 16.8. The van der Waals surface area contributed by atoms with E-state index < -0.39 is 0 Å². The lowest BCUT2D eigenvalue weighted by Crippen LogP contribution is -2.42. The number of carbonyl (C=O) groups is 2. The molecule has 0 aliphatic carbocycles. The number of ether oxygens (including phenoxy) is 1. The zero-order valence-electron chi connectivity index (χ0n) is 16.0. The predicted molar refractivity (Wildman–Crippen MR) is 99.3 cm³/mol. The Morgan fingerprint density at radius 3 is 2.24 bits per heavy atom. The Morgan fingerprint density at radius 1 is 1.12 bits per heavy atom. The first-order valence-corrected chi connectivity index (χ1v) is 9.46. The third kappa shape index (κ3) is 5.32. The van der Waals surface area contributed by atoms with E-state index in [0.29, 0.717) is 38.5 Å². The van der Waals surface area contributed by atoms with Gasteiger partial charge in [0, 0.05) is 13.1 Å². The minimum Gasteiger partial charge on any atom is -0.466 e. The molecule has 1 heterocycles. The van der Waals surface area contributed by atoms with Crippen LogP contribution in [0.5, 0.6) is 0 Å². The Hall–Kier alpha value is -1.84. The largest absolute Gasteiger partial charge is 0.466 e. The van der Waals surface area contributed by atoms with Gasteiger partial charge in [0.2, 0.25) is 5.91 Å². The summed E-state index contributed by atoms with van der Waals surface area (Å²) < 4.78 is 5.09. The molecule has 1 aromatic rings. The Labute approximate surface area is 151 Å². The molecule has 0 aromatic heterocycles. The molecule has 1 fully saturated rings. The number of likely N-dealkylation sites (tertiary alicyclic amines) is 1. The number of piperidine rings is 1. The van der Waals surface area contributed by atoms with Crippen molar-refractivity contribution in [2.75, 3.05) is 19.7 Å². The van der Waals surface area contributed by atoms with Gasteiger partial charge in [-0.25, -0.2) is 0 Å². The van der Waals surface area contributed by atoms with E-state index in [-0.39, 0.29) is 23.7 Å². The molecule has 0 bridgehead atoms. The Morgan fingerprint density at radius 2 is 1.72 bits per heavy atom. The maximum atomic E-state index is 12.8. The van der Waals surface area contributed by atoms with Gasteiger partial charge in [0.05, 0.1) is 18.4 Å². The van der Waals surface area contributed by atoms with Crippen LogP contribution in [0.25, 0.3) is 0 Å². The molecule has 0 radical (unpaired) electrons. The number of rotatable bonds is 6. The van der Waals surface area contributed by atoms with Gasteiger partial charge in [0.1, 0.15) is 0 Å². The minimum atomic E-state index is -0.146. The molecule has 1 amide bonds. The van der Waals surface area contributed by atoms with E-state index in [1.165, 1.54) is 5.56 Å². The van der Waals surface area contributed by atoms with Gasteiger partial charge in [-0.3, -0.25) is 9.59 Å². The van der Waals surface area contributed by atoms with Crippen molar-refractivity contribution in [3.05, 3.63) is 35.4 Å². The molecule has 0 saturated carbocycles. The molecule has 2 rings (SSSR count). The first-order valence-electron chi connectivity index (χ1n) is 9.46. The van der Waals surface area contributed by atoms with Gasteiger partial charge in [-0.05, 0) is 50.2 Å². The van der Waals surface area contributed by atoms with Crippen molar-refractivity contribution in [1.82, 2.24) is 4.90 Å². The van der Waals surface area contributed by atoms with E-state index in [4.69, 9.17) is 4.74 Å². The highest BCUT2D eigenvalue weighted by Gasteiger charge is 2.30. The Balaban J connectivity index is 1.91. The molecule has 4 heteroatoms. The highest BCUT2D eigenvalue weighted by molar-refractivity contribution is 5.83. The topological polar surface area (TPSA) is 46.6 Å². The van der Waals surface area contributed by atoms with Crippen LogP contribution in [-0.2, 0) is 20.7 Å². The summed E-state index contributed by atoms with van der Waals surface area (Å²) in [6.45, 7) is 9.90. The van der Waals surface area contributed by atoms with Crippen molar-refractivity contribution in [2.24, 2.45) is 11.8 Å². The van der Waals surface area contributed by atoms with Crippen LogP contribution in [0.1, 0.15) is 57.6 Å². The molecule has 0 N–H and O–H groups in total. The Kier molecular flexibility index (Phi) is 7.03. The SMILES string of the molecule is CCOC(=O)C1CCN(C(=O)[C@@H](C)c2ccc(CC(C)C)cc2)CC1. The Bertz CT molecular complexity index is 571. The highest BCUT2D eigenvalue weighted by Crippen LogP contribution is 2.24. The summed E-state index contributed by atoms with van der Waals surface area (Å²) >= 11 is 0. The summed E-state index contributed by atoms with van der Waals surface area (Å²) in [4.78, 5) is 26.5. The van der Waals surface area contributed by atoms with E-state index in [1.807, 2.05) is 18.7 Å². The van der Waals surface area contributed by atoms with Gasteiger partial charge in [-0.2, -0.15) is 0 Å².